The van der Waals surface area contributed by atoms with Crippen LogP contribution in [0.1, 0.15) is 43.5 Å². The second kappa shape index (κ2) is 8.25. The highest BCUT2D eigenvalue weighted by Gasteiger charge is 2.39. The first kappa shape index (κ1) is 21.6. The highest BCUT2D eigenvalue weighted by Crippen LogP contribution is 2.43. The number of aromatic nitrogens is 3. The summed E-state index contributed by atoms with van der Waals surface area (Å²) in [5, 5.41) is 13.0. The SMILES string of the molecule is CO[C@@]1(c2cc(C)cc(-c3cn([C@H]4C[C@@H](C#N)C4)c4cnc(NC(C)=O)cc34)n2)CCOC1. The average Bonchev–Trinajstić information content (AvgIpc) is 3.38. The molecule has 1 saturated carbocycles. The maximum atomic E-state index is 11.6. The molecule has 8 heteroatoms. The van der Waals surface area contributed by atoms with Gasteiger partial charge in [0.1, 0.15) is 11.4 Å². The van der Waals surface area contributed by atoms with Gasteiger partial charge < -0.3 is 19.4 Å². The zero-order valence-corrected chi connectivity index (χ0v) is 19.1. The smallest absolute Gasteiger partial charge is 0.222 e. The van der Waals surface area contributed by atoms with E-state index in [1.807, 2.05) is 6.07 Å². The van der Waals surface area contributed by atoms with E-state index in [4.69, 9.17) is 14.5 Å². The van der Waals surface area contributed by atoms with Crippen LogP contribution in [0.5, 0.6) is 0 Å². The molecular weight excluding hydrogens is 418 g/mol. The molecule has 170 valence electrons. The number of carbonyl (C=O) groups excluding carboxylic acids is 1. The van der Waals surface area contributed by atoms with Crippen LogP contribution in [0.4, 0.5) is 5.82 Å². The van der Waals surface area contributed by atoms with Gasteiger partial charge in [-0.3, -0.25) is 4.79 Å². The van der Waals surface area contributed by atoms with Crippen LogP contribution in [0, 0.1) is 24.2 Å². The van der Waals surface area contributed by atoms with Gasteiger partial charge in [-0.2, -0.15) is 5.26 Å². The zero-order chi connectivity index (χ0) is 23.2. The van der Waals surface area contributed by atoms with E-state index in [-0.39, 0.29) is 17.9 Å². The number of hydrogen-bond donors (Lipinski definition) is 1. The van der Waals surface area contributed by atoms with E-state index >= 15 is 0 Å². The van der Waals surface area contributed by atoms with Crippen LogP contribution in [0.2, 0.25) is 0 Å². The van der Waals surface area contributed by atoms with Gasteiger partial charge in [0.25, 0.3) is 0 Å². The summed E-state index contributed by atoms with van der Waals surface area (Å²) in [4.78, 5) is 21.1. The fraction of sp³-hybridized carbons (Fsp3) is 0.440. The van der Waals surface area contributed by atoms with Crippen LogP contribution in [0.15, 0.2) is 30.6 Å². The molecule has 0 aromatic carbocycles. The summed E-state index contributed by atoms with van der Waals surface area (Å²) in [7, 11) is 1.71. The third-order valence-electron chi connectivity index (χ3n) is 6.80. The molecule has 33 heavy (non-hydrogen) atoms. The Morgan fingerprint density at radius 2 is 2.18 bits per heavy atom. The highest BCUT2D eigenvalue weighted by atomic mass is 16.5. The molecule has 2 fully saturated rings. The third-order valence-corrected chi connectivity index (χ3v) is 6.80. The predicted molar refractivity (Wildman–Crippen MR) is 124 cm³/mol. The van der Waals surface area contributed by atoms with E-state index in [1.165, 1.54) is 6.92 Å². The summed E-state index contributed by atoms with van der Waals surface area (Å²) in [6, 6.07) is 8.64. The largest absolute Gasteiger partial charge is 0.378 e. The van der Waals surface area contributed by atoms with Gasteiger partial charge in [0.2, 0.25) is 5.91 Å². The van der Waals surface area contributed by atoms with E-state index in [9.17, 15) is 10.1 Å². The molecule has 2 aliphatic rings. The number of fused-ring (bicyclic) bond motifs is 1. The van der Waals surface area contributed by atoms with Crippen molar-refractivity contribution in [3.8, 4) is 17.3 Å². The molecule has 0 radical (unpaired) electrons. The Labute approximate surface area is 192 Å². The molecule has 1 atom stereocenters. The lowest BCUT2D eigenvalue weighted by molar-refractivity contribution is -0.114. The minimum atomic E-state index is -0.546. The number of nitrogens with zero attached hydrogens (tertiary/aromatic N) is 4. The summed E-state index contributed by atoms with van der Waals surface area (Å²) in [6.07, 6.45) is 6.31. The number of aryl methyl sites for hydroxylation is 1. The molecular formula is C25H27N5O3. The fourth-order valence-corrected chi connectivity index (χ4v) is 4.88. The van der Waals surface area contributed by atoms with Crippen molar-refractivity contribution >= 4 is 22.6 Å². The first-order valence-corrected chi connectivity index (χ1v) is 11.2. The van der Waals surface area contributed by atoms with Crippen molar-refractivity contribution in [2.75, 3.05) is 25.6 Å². The van der Waals surface area contributed by atoms with Gasteiger partial charge in [-0.05, 0) is 43.5 Å². The normalized spacial score (nSPS) is 24.4. The van der Waals surface area contributed by atoms with E-state index in [0.717, 1.165) is 52.7 Å². The number of ether oxygens (including phenoxy) is 2. The van der Waals surface area contributed by atoms with Gasteiger partial charge in [-0.1, -0.05) is 0 Å². The Balaban J connectivity index is 1.65. The summed E-state index contributed by atoms with van der Waals surface area (Å²) in [6.45, 7) is 4.65. The van der Waals surface area contributed by atoms with Crippen molar-refractivity contribution < 1.29 is 14.3 Å². The second-order valence-corrected chi connectivity index (χ2v) is 9.09. The molecule has 0 unspecified atom stereocenters. The van der Waals surface area contributed by atoms with Crippen molar-refractivity contribution in [2.45, 2.75) is 44.8 Å². The number of pyridine rings is 2. The molecule has 1 amide bonds. The lowest BCUT2D eigenvalue weighted by atomic mass is 9.81. The highest BCUT2D eigenvalue weighted by molar-refractivity contribution is 5.98. The van der Waals surface area contributed by atoms with Crippen molar-refractivity contribution in [3.05, 3.63) is 41.9 Å². The topological polar surface area (TPSA) is 102 Å². The van der Waals surface area contributed by atoms with Crippen LogP contribution in [0.25, 0.3) is 22.2 Å². The van der Waals surface area contributed by atoms with Crippen molar-refractivity contribution in [1.82, 2.24) is 14.5 Å². The molecule has 1 aliphatic carbocycles. The maximum Gasteiger partial charge on any atom is 0.222 e. The van der Waals surface area contributed by atoms with Gasteiger partial charge in [0, 0.05) is 50.2 Å². The fourth-order valence-electron chi connectivity index (χ4n) is 4.88. The maximum absolute atomic E-state index is 11.6. The molecule has 0 spiro atoms. The van der Waals surface area contributed by atoms with Crippen molar-refractivity contribution in [1.29, 1.82) is 5.26 Å². The van der Waals surface area contributed by atoms with Gasteiger partial charge >= 0.3 is 0 Å². The quantitative estimate of drug-likeness (QED) is 0.634. The molecule has 0 bridgehead atoms. The minimum Gasteiger partial charge on any atom is -0.378 e. The average molecular weight is 446 g/mol. The van der Waals surface area contributed by atoms with Crippen LogP contribution >= 0.6 is 0 Å². The number of hydrogen-bond acceptors (Lipinski definition) is 6. The second-order valence-electron chi connectivity index (χ2n) is 9.09. The number of carbonyl (C=O) groups is 1. The lowest BCUT2D eigenvalue weighted by Crippen LogP contribution is -2.30. The van der Waals surface area contributed by atoms with Gasteiger partial charge in [-0.25, -0.2) is 9.97 Å². The summed E-state index contributed by atoms with van der Waals surface area (Å²) in [5.74, 6) is 0.427. The molecule has 3 aromatic rings. The number of anilines is 1. The minimum absolute atomic E-state index is 0.0927. The number of methoxy groups -OCH3 is 1. The Morgan fingerprint density at radius 3 is 2.85 bits per heavy atom. The van der Waals surface area contributed by atoms with Crippen LogP contribution < -0.4 is 5.32 Å². The Bertz CT molecular complexity index is 1260. The molecule has 1 aliphatic heterocycles. The lowest BCUT2D eigenvalue weighted by Gasteiger charge is -2.32. The Kier molecular flexibility index (Phi) is 5.39. The third kappa shape index (κ3) is 3.77. The van der Waals surface area contributed by atoms with Gasteiger partial charge in [0.15, 0.2) is 0 Å². The van der Waals surface area contributed by atoms with E-state index < -0.39 is 5.60 Å². The first-order chi connectivity index (χ1) is 15.9. The van der Waals surface area contributed by atoms with E-state index in [2.05, 4.69) is 46.2 Å². The zero-order valence-electron chi connectivity index (χ0n) is 19.1. The molecule has 4 heterocycles. The van der Waals surface area contributed by atoms with Crippen LogP contribution in [-0.2, 0) is 19.9 Å². The first-order valence-electron chi connectivity index (χ1n) is 11.2. The number of amides is 1. The molecule has 1 N–H and O–H groups in total. The van der Waals surface area contributed by atoms with Crippen LogP contribution in [0.3, 0.4) is 0 Å². The monoisotopic (exact) mass is 445 g/mol. The standard InChI is InChI=1S/C25H27N5O3/c1-15-6-21(29-23(7-15)25(32-3)4-5-33-14-25)20-13-30(18-8-17(9-18)11-26)22-12-27-24(10-19(20)22)28-16(2)31/h6-7,10,12-13,17-18H,4-5,8-9,14H2,1-3H3,(H,27,28,31)/t17-,18+,25-/m0/s1. The van der Waals surface area contributed by atoms with Crippen molar-refractivity contribution in [2.24, 2.45) is 5.92 Å². The predicted octanol–water partition coefficient (Wildman–Crippen LogP) is 4.10. The van der Waals surface area contributed by atoms with E-state index in [0.29, 0.717) is 19.0 Å². The summed E-state index contributed by atoms with van der Waals surface area (Å²) < 4.78 is 13.7. The summed E-state index contributed by atoms with van der Waals surface area (Å²) >= 11 is 0. The Hall–Kier alpha value is -3.28. The molecule has 3 aromatic heterocycles. The number of nitriles is 1. The summed E-state index contributed by atoms with van der Waals surface area (Å²) in [5.41, 5.74) is 4.18. The Morgan fingerprint density at radius 1 is 1.36 bits per heavy atom. The van der Waals surface area contributed by atoms with Crippen LogP contribution in [-0.4, -0.2) is 40.8 Å². The number of nitrogens with one attached hydrogen (secondary N) is 1. The van der Waals surface area contributed by atoms with Gasteiger partial charge in [-0.15, -0.1) is 0 Å². The van der Waals surface area contributed by atoms with Crippen molar-refractivity contribution in [3.63, 3.8) is 0 Å². The molecule has 1 saturated heterocycles. The molecule has 8 nitrogen and oxygen atoms in total. The van der Waals surface area contributed by atoms with E-state index in [1.54, 1.807) is 13.3 Å². The van der Waals surface area contributed by atoms with Gasteiger partial charge in [0.05, 0.1) is 41.7 Å². The molecule has 5 rings (SSSR count). The number of rotatable bonds is 5.